The first-order chi connectivity index (χ1) is 6.34. The second kappa shape index (κ2) is 6.58. The molecular weight excluding hydrogens is 297 g/mol. The molecule has 0 amide bonds. The topological polar surface area (TPSA) is 18.5 Å². The van der Waals surface area contributed by atoms with Gasteiger partial charge in [0.1, 0.15) is 5.75 Å². The molecule has 0 radical (unpaired) electrons. The van der Waals surface area contributed by atoms with E-state index >= 15 is 0 Å². The molecule has 0 saturated carbocycles. The van der Waals surface area contributed by atoms with Gasteiger partial charge in [-0.3, -0.25) is 0 Å². The van der Waals surface area contributed by atoms with Crippen molar-refractivity contribution in [1.82, 2.24) is 0 Å². The Morgan fingerprint density at radius 3 is 2.64 bits per heavy atom. The monoisotopic (exact) mass is 310 g/mol. The van der Waals surface area contributed by atoms with Gasteiger partial charge in [0.2, 0.25) is 0 Å². The van der Waals surface area contributed by atoms with E-state index in [1.165, 1.54) is 0 Å². The van der Waals surface area contributed by atoms with E-state index in [9.17, 15) is 0 Å². The van der Waals surface area contributed by atoms with Crippen molar-refractivity contribution in [3.05, 3.63) is 36.9 Å². The maximum Gasteiger partial charge on any atom is 1.00 e. The molecule has 1 aromatic rings. The molecule has 2 atom stereocenters. The number of para-hydroxylation sites is 1. The van der Waals surface area contributed by atoms with Crippen molar-refractivity contribution in [3.63, 3.8) is 0 Å². The van der Waals surface area contributed by atoms with Crippen molar-refractivity contribution >= 4 is 0 Å². The molecule has 1 unspecified atom stereocenters. The Kier molecular flexibility index (Phi) is 6.16. The first kappa shape index (κ1) is 13.1. The van der Waals surface area contributed by atoms with Gasteiger partial charge in [0.05, 0.1) is 0 Å². The van der Waals surface area contributed by atoms with E-state index < -0.39 is 0 Å². The second-order valence-corrected chi connectivity index (χ2v) is 3.35. The van der Waals surface area contributed by atoms with E-state index in [1.54, 1.807) is 0 Å². The van der Waals surface area contributed by atoms with Gasteiger partial charge >= 0.3 is 68.9 Å². The fraction of sp³-hybridized carbons (Fsp3) is 0.364. The molecular formula is C11H13CsO2. The van der Waals surface area contributed by atoms with Crippen molar-refractivity contribution in [2.45, 2.75) is 19.6 Å². The molecule has 0 bridgehead atoms. The molecule has 70 valence electrons. The SMILES string of the molecule is C[C@H]1[CH-]OC(Oc2ccccc2)C1.[Cs+]. The number of hydrogen-bond acceptors (Lipinski definition) is 2. The molecule has 3 heteroatoms. The minimum Gasteiger partial charge on any atom is -0.520 e. The Balaban J connectivity index is 0.000000980. The average molecular weight is 310 g/mol. The van der Waals surface area contributed by atoms with Crippen molar-refractivity contribution in [2.75, 3.05) is 0 Å². The predicted octanol–water partition coefficient (Wildman–Crippen LogP) is -0.386. The van der Waals surface area contributed by atoms with Crippen LogP contribution in [0.2, 0.25) is 0 Å². The van der Waals surface area contributed by atoms with Gasteiger partial charge in [-0.15, -0.1) is 5.92 Å². The van der Waals surface area contributed by atoms with Gasteiger partial charge in [-0.2, -0.15) is 0 Å². The summed E-state index contributed by atoms with van der Waals surface area (Å²) in [5.41, 5.74) is 0. The third-order valence-electron chi connectivity index (χ3n) is 2.04. The van der Waals surface area contributed by atoms with Crippen LogP contribution in [-0.2, 0) is 4.74 Å². The van der Waals surface area contributed by atoms with Gasteiger partial charge in [-0.05, 0) is 18.6 Å². The summed E-state index contributed by atoms with van der Waals surface area (Å²) in [6.45, 7) is 3.96. The number of ether oxygens (including phenoxy) is 2. The molecule has 1 aliphatic rings. The predicted molar refractivity (Wildman–Crippen MR) is 50.0 cm³/mol. The largest absolute Gasteiger partial charge is 1.00 e. The van der Waals surface area contributed by atoms with Crippen LogP contribution in [0.3, 0.4) is 0 Å². The van der Waals surface area contributed by atoms with Crippen LogP contribution in [-0.4, -0.2) is 6.29 Å². The Hall–Kier alpha value is 1.03. The smallest absolute Gasteiger partial charge is 0.520 e. The van der Waals surface area contributed by atoms with Gasteiger partial charge in [-0.1, -0.05) is 25.1 Å². The van der Waals surface area contributed by atoms with Gasteiger partial charge in [0, 0.05) is 0 Å². The second-order valence-electron chi connectivity index (χ2n) is 3.35. The van der Waals surface area contributed by atoms with E-state index in [0.717, 1.165) is 12.2 Å². The summed E-state index contributed by atoms with van der Waals surface area (Å²) < 4.78 is 10.9. The van der Waals surface area contributed by atoms with E-state index in [1.807, 2.05) is 36.9 Å². The third kappa shape index (κ3) is 3.89. The molecule has 1 aliphatic heterocycles. The normalized spacial score (nSPS) is 25.5. The maximum absolute atomic E-state index is 5.59. The average Bonchev–Trinajstić information content (AvgIpc) is 2.53. The van der Waals surface area contributed by atoms with E-state index in [4.69, 9.17) is 9.47 Å². The molecule has 1 heterocycles. The summed E-state index contributed by atoms with van der Waals surface area (Å²) in [7, 11) is 0. The van der Waals surface area contributed by atoms with Crippen molar-refractivity contribution < 1.29 is 78.4 Å². The van der Waals surface area contributed by atoms with Crippen LogP contribution >= 0.6 is 0 Å². The van der Waals surface area contributed by atoms with Crippen molar-refractivity contribution in [2.24, 2.45) is 5.92 Å². The van der Waals surface area contributed by atoms with Crippen LogP contribution in [0.15, 0.2) is 30.3 Å². The Morgan fingerprint density at radius 1 is 1.36 bits per heavy atom. The maximum atomic E-state index is 5.59. The summed E-state index contributed by atoms with van der Waals surface area (Å²) in [4.78, 5) is 0. The van der Waals surface area contributed by atoms with Crippen LogP contribution in [0.1, 0.15) is 13.3 Å². The zero-order chi connectivity index (χ0) is 9.10. The summed E-state index contributed by atoms with van der Waals surface area (Å²) in [6, 6.07) is 9.75. The van der Waals surface area contributed by atoms with Gasteiger partial charge in [-0.25, -0.2) is 6.61 Å². The number of benzene rings is 1. The molecule has 2 rings (SSSR count). The van der Waals surface area contributed by atoms with Crippen molar-refractivity contribution in [1.29, 1.82) is 0 Å². The number of hydrogen-bond donors (Lipinski definition) is 0. The zero-order valence-electron chi connectivity index (χ0n) is 8.64. The third-order valence-corrected chi connectivity index (χ3v) is 2.04. The van der Waals surface area contributed by atoms with E-state index in [2.05, 4.69) is 6.92 Å². The Morgan fingerprint density at radius 2 is 2.07 bits per heavy atom. The molecule has 0 N–H and O–H groups in total. The first-order valence-corrected chi connectivity index (χ1v) is 4.55. The van der Waals surface area contributed by atoms with E-state index in [-0.39, 0.29) is 75.2 Å². The molecule has 0 aromatic heterocycles. The van der Waals surface area contributed by atoms with Gasteiger partial charge in [0.15, 0.2) is 6.29 Å². The van der Waals surface area contributed by atoms with Gasteiger partial charge in [0.25, 0.3) is 0 Å². The van der Waals surface area contributed by atoms with Crippen LogP contribution < -0.4 is 73.6 Å². The molecule has 0 spiro atoms. The van der Waals surface area contributed by atoms with Crippen LogP contribution in [0, 0.1) is 12.5 Å². The standard InChI is InChI=1S/C11H13O2.Cs/c1-9-7-11(12-8-9)13-10-5-3-2-4-6-10;/h2-6,8-9,11H,7H2,1H3;/q-1;+1/t9-,11?;/m1./s1. The Bertz CT molecular complexity index is 263. The molecule has 14 heavy (non-hydrogen) atoms. The van der Waals surface area contributed by atoms with E-state index in [0.29, 0.717) is 5.92 Å². The van der Waals surface area contributed by atoms with Crippen LogP contribution in [0.5, 0.6) is 5.75 Å². The molecule has 1 fully saturated rings. The fourth-order valence-electron chi connectivity index (χ4n) is 1.36. The minimum atomic E-state index is -0.0996. The minimum absolute atomic E-state index is 0. The first-order valence-electron chi connectivity index (χ1n) is 4.55. The van der Waals surface area contributed by atoms with Crippen LogP contribution in [0.25, 0.3) is 0 Å². The zero-order valence-corrected chi connectivity index (χ0v) is 14.9. The summed E-state index contributed by atoms with van der Waals surface area (Å²) >= 11 is 0. The van der Waals surface area contributed by atoms with Crippen molar-refractivity contribution in [3.8, 4) is 5.75 Å². The molecule has 1 saturated heterocycles. The fourth-order valence-corrected chi connectivity index (χ4v) is 1.36. The summed E-state index contributed by atoms with van der Waals surface area (Å²) in [5.74, 6) is 1.36. The summed E-state index contributed by atoms with van der Waals surface area (Å²) in [5, 5.41) is 0. The Labute approximate surface area is 144 Å². The van der Waals surface area contributed by atoms with Gasteiger partial charge < -0.3 is 9.47 Å². The summed E-state index contributed by atoms with van der Waals surface area (Å²) in [6.07, 6.45) is 0.840. The molecule has 0 aliphatic carbocycles. The number of rotatable bonds is 2. The molecule has 2 nitrogen and oxygen atoms in total. The van der Waals surface area contributed by atoms with Crippen LogP contribution in [0.4, 0.5) is 0 Å². The quantitative estimate of drug-likeness (QED) is 0.693. The molecule has 1 aromatic carbocycles.